The summed E-state index contributed by atoms with van der Waals surface area (Å²) in [6.45, 7) is 6.51. The fraction of sp³-hybridized carbons (Fsp3) is 0.800. The third-order valence-electron chi connectivity index (χ3n) is 4.40. The zero-order valence-corrected chi connectivity index (χ0v) is 13.1. The number of aromatic nitrogens is 1. The molecule has 20 heavy (non-hydrogen) atoms. The molecular weight excluding hydrogens is 270 g/mol. The number of nitrogens with zero attached hydrogens (tertiary/aromatic N) is 2. The number of hydrogen-bond acceptors (Lipinski definition) is 5. The Balaban J connectivity index is 1.62. The van der Waals surface area contributed by atoms with Crippen LogP contribution in [0.25, 0.3) is 0 Å². The zero-order valence-electron chi connectivity index (χ0n) is 12.3. The molecule has 0 bridgehead atoms. The second-order valence-electron chi connectivity index (χ2n) is 5.85. The number of hydrogen-bond donors (Lipinski definition) is 1. The molecule has 112 valence electrons. The van der Waals surface area contributed by atoms with Crippen molar-refractivity contribution in [2.75, 3.05) is 26.2 Å². The Morgan fingerprint density at radius 1 is 1.60 bits per heavy atom. The topological polar surface area (TPSA) is 37.4 Å². The molecule has 2 aliphatic heterocycles. The van der Waals surface area contributed by atoms with Crippen LogP contribution >= 0.6 is 11.3 Å². The number of thiazole rings is 1. The van der Waals surface area contributed by atoms with Crippen molar-refractivity contribution >= 4 is 11.3 Å². The van der Waals surface area contributed by atoms with Crippen LogP contribution in [0.15, 0.2) is 11.6 Å². The van der Waals surface area contributed by atoms with Crippen LogP contribution in [-0.2, 0) is 11.2 Å². The second-order valence-corrected chi connectivity index (χ2v) is 6.83. The summed E-state index contributed by atoms with van der Waals surface area (Å²) in [7, 11) is 0. The minimum Gasteiger partial charge on any atom is -0.374 e. The van der Waals surface area contributed by atoms with Gasteiger partial charge in [-0.15, -0.1) is 11.3 Å². The van der Waals surface area contributed by atoms with Crippen LogP contribution in [-0.4, -0.2) is 54.3 Å². The maximum absolute atomic E-state index is 6.17. The van der Waals surface area contributed by atoms with Crippen molar-refractivity contribution < 1.29 is 4.74 Å². The predicted molar refractivity (Wildman–Crippen MR) is 82.2 cm³/mol. The lowest BCUT2D eigenvalue weighted by Gasteiger charge is -2.39. The van der Waals surface area contributed by atoms with Crippen LogP contribution in [0.4, 0.5) is 0 Å². The molecule has 0 amide bonds. The summed E-state index contributed by atoms with van der Waals surface area (Å²) in [6, 6.07) is 1.07. The molecule has 3 atom stereocenters. The maximum atomic E-state index is 6.17. The van der Waals surface area contributed by atoms with Crippen molar-refractivity contribution in [3.8, 4) is 0 Å². The molecule has 4 nitrogen and oxygen atoms in total. The Bertz CT molecular complexity index is 398. The summed E-state index contributed by atoms with van der Waals surface area (Å²) in [6.07, 6.45) is 7.00. The fourth-order valence-corrected chi connectivity index (χ4v) is 3.97. The molecule has 5 heteroatoms. The smallest absolute Gasteiger partial charge is 0.0941 e. The molecule has 1 N–H and O–H groups in total. The number of ether oxygens (including phenoxy) is 1. The van der Waals surface area contributed by atoms with Gasteiger partial charge in [-0.05, 0) is 32.4 Å². The summed E-state index contributed by atoms with van der Waals surface area (Å²) in [5.74, 6) is 0. The minimum absolute atomic E-state index is 0.305. The van der Waals surface area contributed by atoms with Gasteiger partial charge < -0.3 is 10.1 Å². The lowest BCUT2D eigenvalue weighted by atomic mass is 10.0. The first-order valence-corrected chi connectivity index (χ1v) is 8.72. The monoisotopic (exact) mass is 295 g/mol. The van der Waals surface area contributed by atoms with E-state index in [1.807, 2.05) is 6.20 Å². The SMILES string of the molecule is CCCNC(Cc1nccs1)C1CN2CCCC2CO1. The molecule has 0 aliphatic carbocycles. The fourth-order valence-electron chi connectivity index (χ4n) is 3.29. The van der Waals surface area contributed by atoms with Gasteiger partial charge in [0, 0.05) is 36.6 Å². The maximum Gasteiger partial charge on any atom is 0.0941 e. The van der Waals surface area contributed by atoms with Crippen LogP contribution in [0, 0.1) is 0 Å². The highest BCUT2D eigenvalue weighted by Crippen LogP contribution is 2.24. The standard InChI is InChI=1S/C15H25N3OS/c1-2-5-16-13(9-15-17-6-8-20-15)14-10-18-7-3-4-12(18)11-19-14/h6,8,12-14,16H,2-5,7,9-11H2,1H3. The van der Waals surface area contributed by atoms with Crippen LogP contribution in [0.1, 0.15) is 31.2 Å². The third-order valence-corrected chi connectivity index (χ3v) is 5.20. The van der Waals surface area contributed by atoms with E-state index >= 15 is 0 Å². The van der Waals surface area contributed by atoms with Crippen LogP contribution in [0.3, 0.4) is 0 Å². The van der Waals surface area contributed by atoms with Crippen molar-refractivity contribution in [2.45, 2.75) is 50.8 Å². The van der Waals surface area contributed by atoms with Gasteiger partial charge >= 0.3 is 0 Å². The molecule has 1 aromatic heterocycles. The van der Waals surface area contributed by atoms with E-state index in [1.165, 1.54) is 24.4 Å². The first kappa shape index (κ1) is 14.4. The van der Waals surface area contributed by atoms with Crippen LogP contribution in [0.2, 0.25) is 0 Å². The summed E-state index contributed by atoms with van der Waals surface area (Å²) < 4.78 is 6.17. The molecule has 0 radical (unpaired) electrons. The van der Waals surface area contributed by atoms with E-state index in [4.69, 9.17) is 4.74 Å². The van der Waals surface area contributed by atoms with Crippen molar-refractivity contribution in [3.63, 3.8) is 0 Å². The van der Waals surface area contributed by atoms with E-state index in [0.717, 1.165) is 32.5 Å². The van der Waals surface area contributed by atoms with Crippen molar-refractivity contribution in [1.82, 2.24) is 15.2 Å². The highest BCUT2D eigenvalue weighted by molar-refractivity contribution is 7.09. The average Bonchev–Trinajstić information content (AvgIpc) is 3.13. The van der Waals surface area contributed by atoms with E-state index in [9.17, 15) is 0 Å². The van der Waals surface area contributed by atoms with Gasteiger partial charge in [-0.1, -0.05) is 6.92 Å². The molecule has 1 aromatic rings. The first-order chi connectivity index (χ1) is 9.86. The summed E-state index contributed by atoms with van der Waals surface area (Å²) in [5.41, 5.74) is 0. The third kappa shape index (κ3) is 3.39. The Morgan fingerprint density at radius 3 is 3.35 bits per heavy atom. The molecular formula is C15H25N3OS. The predicted octanol–water partition coefficient (Wildman–Crippen LogP) is 1.92. The molecule has 3 unspecified atom stereocenters. The van der Waals surface area contributed by atoms with Gasteiger partial charge in [0.25, 0.3) is 0 Å². The Labute approximate surface area is 125 Å². The number of nitrogens with one attached hydrogen (secondary N) is 1. The van der Waals surface area contributed by atoms with Gasteiger partial charge in [0.05, 0.1) is 17.7 Å². The molecule has 0 saturated carbocycles. The van der Waals surface area contributed by atoms with Gasteiger partial charge in [-0.2, -0.15) is 0 Å². The molecule has 0 aromatic carbocycles. The molecule has 2 aliphatic rings. The molecule has 3 rings (SSSR count). The van der Waals surface area contributed by atoms with Gasteiger partial charge in [0.2, 0.25) is 0 Å². The van der Waals surface area contributed by atoms with Crippen molar-refractivity contribution in [3.05, 3.63) is 16.6 Å². The van der Waals surface area contributed by atoms with Crippen LogP contribution < -0.4 is 5.32 Å². The van der Waals surface area contributed by atoms with E-state index in [2.05, 4.69) is 27.5 Å². The van der Waals surface area contributed by atoms with E-state index in [-0.39, 0.29) is 0 Å². The highest BCUT2D eigenvalue weighted by Gasteiger charge is 2.35. The van der Waals surface area contributed by atoms with Crippen molar-refractivity contribution in [1.29, 1.82) is 0 Å². The summed E-state index contributed by atoms with van der Waals surface area (Å²) >= 11 is 1.75. The molecule has 2 saturated heterocycles. The minimum atomic E-state index is 0.305. The Morgan fingerprint density at radius 2 is 2.55 bits per heavy atom. The van der Waals surface area contributed by atoms with E-state index in [0.29, 0.717) is 18.2 Å². The number of rotatable bonds is 6. The lowest BCUT2D eigenvalue weighted by Crippen LogP contribution is -2.55. The summed E-state index contributed by atoms with van der Waals surface area (Å²) in [5, 5.41) is 6.95. The van der Waals surface area contributed by atoms with Gasteiger partial charge in [0.1, 0.15) is 0 Å². The summed E-state index contributed by atoms with van der Waals surface area (Å²) in [4.78, 5) is 7.06. The molecule has 0 spiro atoms. The Kier molecular flexibility index (Phi) is 5.04. The molecule has 3 heterocycles. The first-order valence-electron chi connectivity index (χ1n) is 7.84. The van der Waals surface area contributed by atoms with Crippen molar-refractivity contribution in [2.24, 2.45) is 0 Å². The van der Waals surface area contributed by atoms with Gasteiger partial charge in [0.15, 0.2) is 0 Å². The zero-order chi connectivity index (χ0) is 13.8. The molecule has 2 fully saturated rings. The average molecular weight is 295 g/mol. The van der Waals surface area contributed by atoms with Gasteiger partial charge in [-0.3, -0.25) is 4.90 Å². The quantitative estimate of drug-likeness (QED) is 0.870. The number of morpholine rings is 1. The van der Waals surface area contributed by atoms with E-state index < -0.39 is 0 Å². The lowest BCUT2D eigenvalue weighted by molar-refractivity contribution is -0.0643. The Hall–Kier alpha value is -0.490. The largest absolute Gasteiger partial charge is 0.374 e. The van der Waals surface area contributed by atoms with Gasteiger partial charge in [-0.25, -0.2) is 4.98 Å². The number of fused-ring (bicyclic) bond motifs is 1. The normalized spacial score (nSPS) is 28.4. The second kappa shape index (κ2) is 6.98. The van der Waals surface area contributed by atoms with E-state index in [1.54, 1.807) is 11.3 Å². The van der Waals surface area contributed by atoms with Crippen LogP contribution in [0.5, 0.6) is 0 Å². The highest BCUT2D eigenvalue weighted by atomic mass is 32.1.